The van der Waals surface area contributed by atoms with E-state index in [4.69, 9.17) is 22.1 Å². The molecule has 1 atom stereocenters. The SMILES string of the molecule is Cc1cccc(Cl)c1OCCNC(=O)[C@H](N)c1c(C)n[nH]c1C. The number of aryl methyl sites for hydroxylation is 3. The van der Waals surface area contributed by atoms with Crippen LogP contribution in [0.5, 0.6) is 5.75 Å². The van der Waals surface area contributed by atoms with Crippen LogP contribution in [0.1, 0.15) is 28.6 Å². The van der Waals surface area contributed by atoms with Gasteiger partial charge in [0.05, 0.1) is 17.3 Å². The van der Waals surface area contributed by atoms with Crippen molar-refractivity contribution in [2.24, 2.45) is 5.73 Å². The predicted octanol–water partition coefficient (Wildman–Crippen LogP) is 2.18. The van der Waals surface area contributed by atoms with Crippen LogP contribution >= 0.6 is 11.6 Å². The maximum atomic E-state index is 12.1. The number of aromatic nitrogens is 2. The quantitative estimate of drug-likeness (QED) is 0.705. The molecule has 0 saturated heterocycles. The molecule has 0 bridgehead atoms. The Morgan fingerprint density at radius 2 is 2.17 bits per heavy atom. The number of aromatic amines is 1. The van der Waals surface area contributed by atoms with Crippen molar-refractivity contribution in [2.75, 3.05) is 13.2 Å². The zero-order valence-corrected chi connectivity index (χ0v) is 14.2. The van der Waals surface area contributed by atoms with Crippen LogP contribution < -0.4 is 15.8 Å². The van der Waals surface area contributed by atoms with E-state index in [1.54, 1.807) is 6.07 Å². The van der Waals surface area contributed by atoms with Gasteiger partial charge in [0.25, 0.3) is 0 Å². The smallest absolute Gasteiger partial charge is 0.241 e. The van der Waals surface area contributed by atoms with Crippen LogP contribution in [0.4, 0.5) is 0 Å². The molecule has 1 aromatic carbocycles. The fourth-order valence-corrected chi connectivity index (χ4v) is 2.66. The highest BCUT2D eigenvalue weighted by Gasteiger charge is 2.21. The number of carbonyl (C=O) groups excluding carboxylic acids is 1. The van der Waals surface area contributed by atoms with Crippen molar-refractivity contribution in [3.63, 3.8) is 0 Å². The van der Waals surface area contributed by atoms with Gasteiger partial charge in [0.15, 0.2) is 0 Å². The zero-order chi connectivity index (χ0) is 17.0. The monoisotopic (exact) mass is 336 g/mol. The van der Waals surface area contributed by atoms with Crippen LogP contribution in [0.15, 0.2) is 18.2 Å². The lowest BCUT2D eigenvalue weighted by molar-refractivity contribution is -0.122. The number of halogens is 1. The summed E-state index contributed by atoms with van der Waals surface area (Å²) in [5, 5.41) is 10.2. The lowest BCUT2D eigenvalue weighted by Gasteiger charge is -2.14. The summed E-state index contributed by atoms with van der Waals surface area (Å²) >= 11 is 6.08. The molecule has 2 aromatic rings. The number of para-hydroxylation sites is 1. The number of nitrogens with zero attached hydrogens (tertiary/aromatic N) is 1. The van der Waals surface area contributed by atoms with Gasteiger partial charge in [-0.25, -0.2) is 0 Å². The van der Waals surface area contributed by atoms with Gasteiger partial charge >= 0.3 is 0 Å². The van der Waals surface area contributed by atoms with E-state index in [9.17, 15) is 4.79 Å². The van der Waals surface area contributed by atoms with Crippen LogP contribution in [0, 0.1) is 20.8 Å². The summed E-state index contributed by atoms with van der Waals surface area (Å²) in [5.41, 5.74) is 9.20. The molecule has 1 aromatic heterocycles. The van der Waals surface area contributed by atoms with E-state index in [0.717, 1.165) is 22.5 Å². The Morgan fingerprint density at radius 1 is 1.43 bits per heavy atom. The molecule has 0 saturated carbocycles. The van der Waals surface area contributed by atoms with Gasteiger partial charge in [0.1, 0.15) is 18.4 Å². The fourth-order valence-electron chi connectivity index (χ4n) is 2.39. The van der Waals surface area contributed by atoms with Crippen molar-refractivity contribution in [1.29, 1.82) is 0 Å². The maximum Gasteiger partial charge on any atom is 0.241 e. The molecule has 0 aliphatic heterocycles. The molecule has 0 fully saturated rings. The van der Waals surface area contributed by atoms with Crippen LogP contribution in [-0.2, 0) is 4.79 Å². The lowest BCUT2D eigenvalue weighted by Crippen LogP contribution is -2.36. The number of nitrogens with one attached hydrogen (secondary N) is 2. The van der Waals surface area contributed by atoms with E-state index in [2.05, 4.69) is 15.5 Å². The van der Waals surface area contributed by atoms with Gasteiger partial charge in [-0.15, -0.1) is 0 Å². The first-order valence-corrected chi connectivity index (χ1v) is 7.72. The molecule has 0 spiro atoms. The minimum absolute atomic E-state index is 0.267. The van der Waals surface area contributed by atoms with Gasteiger partial charge in [-0.05, 0) is 32.4 Å². The van der Waals surface area contributed by atoms with Crippen LogP contribution in [0.25, 0.3) is 0 Å². The molecule has 7 heteroatoms. The molecular formula is C16H21ClN4O2. The number of hydrogen-bond acceptors (Lipinski definition) is 4. The molecule has 0 radical (unpaired) electrons. The van der Waals surface area contributed by atoms with Gasteiger partial charge in [0, 0.05) is 11.3 Å². The molecule has 0 aliphatic rings. The highest BCUT2D eigenvalue weighted by molar-refractivity contribution is 6.32. The Bertz CT molecular complexity index is 660. The molecule has 6 nitrogen and oxygen atoms in total. The van der Waals surface area contributed by atoms with Gasteiger partial charge in [-0.3, -0.25) is 9.89 Å². The van der Waals surface area contributed by atoms with E-state index >= 15 is 0 Å². The van der Waals surface area contributed by atoms with Crippen molar-refractivity contribution >= 4 is 17.5 Å². The summed E-state index contributed by atoms with van der Waals surface area (Å²) in [5.74, 6) is 0.367. The normalized spacial score (nSPS) is 12.0. The number of amides is 1. The first-order valence-electron chi connectivity index (χ1n) is 7.34. The summed E-state index contributed by atoms with van der Waals surface area (Å²) in [4.78, 5) is 12.1. The third kappa shape index (κ3) is 4.03. The van der Waals surface area contributed by atoms with Gasteiger partial charge < -0.3 is 15.8 Å². The Kier molecular flexibility index (Phi) is 5.63. The summed E-state index contributed by atoms with van der Waals surface area (Å²) in [6.07, 6.45) is 0. The maximum absolute atomic E-state index is 12.1. The average Bonchev–Trinajstić information content (AvgIpc) is 2.84. The van der Waals surface area contributed by atoms with Gasteiger partial charge in [-0.1, -0.05) is 23.7 Å². The second-order valence-corrected chi connectivity index (χ2v) is 5.76. The minimum atomic E-state index is -0.754. The molecular weight excluding hydrogens is 316 g/mol. The highest BCUT2D eigenvalue weighted by Crippen LogP contribution is 2.27. The number of benzene rings is 1. The van der Waals surface area contributed by atoms with Crippen molar-refractivity contribution < 1.29 is 9.53 Å². The second kappa shape index (κ2) is 7.48. The van der Waals surface area contributed by atoms with E-state index in [0.29, 0.717) is 23.9 Å². The molecule has 1 heterocycles. The molecule has 0 aliphatic carbocycles. The summed E-state index contributed by atoms with van der Waals surface area (Å²) in [6, 6.07) is 4.79. The van der Waals surface area contributed by atoms with Crippen molar-refractivity contribution in [3.05, 3.63) is 45.7 Å². The topological polar surface area (TPSA) is 93.0 Å². The molecule has 124 valence electrons. The van der Waals surface area contributed by atoms with Crippen molar-refractivity contribution in [3.8, 4) is 5.75 Å². The fraction of sp³-hybridized carbons (Fsp3) is 0.375. The van der Waals surface area contributed by atoms with Crippen LogP contribution in [0.3, 0.4) is 0 Å². The van der Waals surface area contributed by atoms with Crippen molar-refractivity contribution in [1.82, 2.24) is 15.5 Å². The Hall–Kier alpha value is -2.05. The second-order valence-electron chi connectivity index (χ2n) is 5.35. The minimum Gasteiger partial charge on any atom is -0.490 e. The van der Waals surface area contributed by atoms with Crippen molar-refractivity contribution in [2.45, 2.75) is 26.8 Å². The van der Waals surface area contributed by atoms with E-state index in [1.165, 1.54) is 0 Å². The molecule has 23 heavy (non-hydrogen) atoms. The Labute approximate surface area is 140 Å². The van der Waals surface area contributed by atoms with E-state index in [1.807, 2.05) is 32.9 Å². The number of carbonyl (C=O) groups is 1. The lowest BCUT2D eigenvalue weighted by atomic mass is 10.1. The Balaban J connectivity index is 1.86. The largest absolute Gasteiger partial charge is 0.490 e. The number of H-pyrrole nitrogens is 1. The summed E-state index contributed by atoms with van der Waals surface area (Å²) < 4.78 is 5.63. The van der Waals surface area contributed by atoms with E-state index in [-0.39, 0.29) is 5.91 Å². The standard InChI is InChI=1S/C16H21ClN4O2/c1-9-5-4-6-12(17)15(9)23-8-7-19-16(22)14(18)13-10(2)20-21-11(13)3/h4-6,14H,7-8,18H2,1-3H3,(H,19,22)(H,20,21)/t14-/m1/s1. The number of hydrogen-bond donors (Lipinski definition) is 3. The molecule has 2 rings (SSSR count). The predicted molar refractivity (Wildman–Crippen MR) is 89.7 cm³/mol. The van der Waals surface area contributed by atoms with E-state index < -0.39 is 6.04 Å². The highest BCUT2D eigenvalue weighted by atomic mass is 35.5. The summed E-state index contributed by atoms with van der Waals surface area (Å²) in [6.45, 7) is 6.22. The van der Waals surface area contributed by atoms with Gasteiger partial charge in [-0.2, -0.15) is 5.10 Å². The molecule has 4 N–H and O–H groups in total. The average molecular weight is 337 g/mol. The summed E-state index contributed by atoms with van der Waals surface area (Å²) in [7, 11) is 0. The third-order valence-corrected chi connectivity index (χ3v) is 3.89. The number of nitrogens with two attached hydrogens (primary N) is 1. The van der Waals surface area contributed by atoms with Gasteiger partial charge in [0.2, 0.25) is 5.91 Å². The first kappa shape index (κ1) is 17.3. The van der Waals surface area contributed by atoms with Crippen LogP contribution in [0.2, 0.25) is 5.02 Å². The number of rotatable bonds is 6. The third-order valence-electron chi connectivity index (χ3n) is 3.59. The van der Waals surface area contributed by atoms with Crippen LogP contribution in [-0.4, -0.2) is 29.3 Å². The Morgan fingerprint density at radius 3 is 2.78 bits per heavy atom. The number of ether oxygens (including phenoxy) is 1. The first-order chi connectivity index (χ1) is 10.9. The zero-order valence-electron chi connectivity index (χ0n) is 13.4. The molecule has 1 amide bonds. The molecule has 0 unspecified atom stereocenters.